The lowest BCUT2D eigenvalue weighted by Gasteiger charge is -2.14. The number of hydrogen-bond acceptors (Lipinski definition) is 6. The predicted octanol–water partition coefficient (Wildman–Crippen LogP) is 3.95. The molecule has 1 aliphatic heterocycles. The number of nitrogens with one attached hydrogen (secondary N) is 1. The van der Waals surface area contributed by atoms with E-state index in [2.05, 4.69) is 5.32 Å². The number of thiophene rings is 1. The maximum atomic E-state index is 12.5. The van der Waals surface area contributed by atoms with Crippen molar-refractivity contribution in [1.29, 1.82) is 0 Å². The van der Waals surface area contributed by atoms with Gasteiger partial charge in [-0.25, -0.2) is 0 Å². The molecule has 25 heavy (non-hydrogen) atoms. The van der Waals surface area contributed by atoms with E-state index in [-0.39, 0.29) is 23.9 Å². The lowest BCUT2D eigenvalue weighted by atomic mass is 10.3. The Morgan fingerprint density at radius 1 is 1.40 bits per heavy atom. The molecule has 0 bridgehead atoms. The van der Waals surface area contributed by atoms with E-state index in [1.54, 1.807) is 6.08 Å². The third-order valence-electron chi connectivity index (χ3n) is 3.22. The standard InChI is InChI=1S/C16H11ClN2O3S3/c17-9-3-4-12(20)11(6-9)18-14(21)8-19-15(22)13(25-16(19)23)7-10-2-1-5-24-10/h1-7,20H,8H2,(H,18,21)/b13-7-. The maximum Gasteiger partial charge on any atom is 0.266 e. The fraction of sp³-hybridized carbons (Fsp3) is 0.0625. The highest BCUT2D eigenvalue weighted by molar-refractivity contribution is 8.26. The normalized spacial score (nSPS) is 15.9. The van der Waals surface area contributed by atoms with E-state index < -0.39 is 5.91 Å². The van der Waals surface area contributed by atoms with Gasteiger partial charge < -0.3 is 10.4 Å². The maximum absolute atomic E-state index is 12.5. The average Bonchev–Trinajstić information content (AvgIpc) is 3.15. The number of hydrogen-bond donors (Lipinski definition) is 2. The molecule has 9 heteroatoms. The first-order valence-electron chi connectivity index (χ1n) is 7.01. The second-order valence-electron chi connectivity index (χ2n) is 4.99. The zero-order valence-corrected chi connectivity index (χ0v) is 15.8. The summed E-state index contributed by atoms with van der Waals surface area (Å²) >= 11 is 13.7. The van der Waals surface area contributed by atoms with Crippen LogP contribution in [-0.2, 0) is 9.59 Å². The number of halogens is 1. The quantitative estimate of drug-likeness (QED) is 0.453. The summed E-state index contributed by atoms with van der Waals surface area (Å²) < 4.78 is 0.318. The van der Waals surface area contributed by atoms with Gasteiger partial charge in [-0.05, 0) is 35.7 Å². The number of rotatable bonds is 4. The summed E-state index contributed by atoms with van der Waals surface area (Å²) in [6, 6.07) is 8.09. The first kappa shape index (κ1) is 17.9. The van der Waals surface area contributed by atoms with Crippen LogP contribution in [0.4, 0.5) is 5.69 Å². The predicted molar refractivity (Wildman–Crippen MR) is 106 cm³/mol. The Morgan fingerprint density at radius 3 is 2.92 bits per heavy atom. The van der Waals surface area contributed by atoms with Gasteiger partial charge in [-0.2, -0.15) is 0 Å². The molecule has 0 aliphatic carbocycles. The van der Waals surface area contributed by atoms with Crippen molar-refractivity contribution in [2.24, 2.45) is 0 Å². The lowest BCUT2D eigenvalue weighted by molar-refractivity contribution is -0.126. The molecule has 2 amide bonds. The van der Waals surface area contributed by atoms with Crippen LogP contribution in [0, 0.1) is 0 Å². The van der Waals surface area contributed by atoms with Gasteiger partial charge in [0.15, 0.2) is 0 Å². The Balaban J connectivity index is 1.70. The van der Waals surface area contributed by atoms with Crippen LogP contribution in [0.15, 0.2) is 40.6 Å². The van der Waals surface area contributed by atoms with E-state index in [1.807, 2.05) is 17.5 Å². The monoisotopic (exact) mass is 410 g/mol. The molecule has 5 nitrogen and oxygen atoms in total. The van der Waals surface area contributed by atoms with E-state index in [4.69, 9.17) is 23.8 Å². The molecule has 128 valence electrons. The molecule has 1 aliphatic rings. The summed E-state index contributed by atoms with van der Waals surface area (Å²) in [5.41, 5.74) is 0.178. The van der Waals surface area contributed by atoms with Crippen molar-refractivity contribution in [3.63, 3.8) is 0 Å². The van der Waals surface area contributed by atoms with E-state index in [1.165, 1.54) is 34.4 Å². The van der Waals surface area contributed by atoms with E-state index >= 15 is 0 Å². The summed E-state index contributed by atoms with van der Waals surface area (Å²) in [7, 11) is 0. The first-order valence-corrected chi connectivity index (χ1v) is 9.49. The molecule has 0 atom stereocenters. The SMILES string of the molecule is O=C(CN1C(=O)/C(=C/c2cccs2)SC1=S)Nc1cc(Cl)ccc1O. The summed E-state index contributed by atoms with van der Waals surface area (Å²) in [5, 5.41) is 14.6. The molecule has 1 aromatic heterocycles. The van der Waals surface area contributed by atoms with Crippen molar-refractivity contribution in [1.82, 2.24) is 4.90 Å². The van der Waals surface area contributed by atoms with E-state index in [0.717, 1.165) is 16.6 Å². The lowest BCUT2D eigenvalue weighted by Crippen LogP contribution is -2.36. The third kappa shape index (κ3) is 4.21. The van der Waals surface area contributed by atoms with Crippen molar-refractivity contribution in [2.75, 3.05) is 11.9 Å². The van der Waals surface area contributed by atoms with Crippen LogP contribution in [0.2, 0.25) is 5.02 Å². The molecule has 1 saturated heterocycles. The molecule has 0 saturated carbocycles. The first-order chi connectivity index (χ1) is 11.9. The summed E-state index contributed by atoms with van der Waals surface area (Å²) in [4.78, 5) is 27.3. The third-order valence-corrected chi connectivity index (χ3v) is 5.66. The van der Waals surface area contributed by atoms with Crippen molar-refractivity contribution < 1.29 is 14.7 Å². The Labute approximate surface area is 162 Å². The number of carbonyl (C=O) groups is 2. The number of amides is 2. The Bertz CT molecular complexity index is 881. The number of aromatic hydroxyl groups is 1. The number of thiocarbonyl (C=S) groups is 1. The van der Waals surface area contributed by atoms with Crippen LogP contribution in [0.1, 0.15) is 4.88 Å². The number of phenolic OH excluding ortho intramolecular Hbond substituents is 1. The van der Waals surface area contributed by atoms with Crippen LogP contribution < -0.4 is 5.32 Å². The molecular formula is C16H11ClN2O3S3. The van der Waals surface area contributed by atoms with Gasteiger partial charge in [0.25, 0.3) is 5.91 Å². The highest BCUT2D eigenvalue weighted by atomic mass is 35.5. The number of phenols is 1. The van der Waals surface area contributed by atoms with Crippen molar-refractivity contribution in [3.8, 4) is 5.75 Å². The van der Waals surface area contributed by atoms with Gasteiger partial charge in [-0.1, -0.05) is 41.6 Å². The fourth-order valence-corrected chi connectivity index (χ4v) is 4.23. The second kappa shape index (κ2) is 7.57. The molecule has 1 aromatic carbocycles. The van der Waals surface area contributed by atoms with Crippen LogP contribution >= 0.6 is 46.9 Å². The van der Waals surface area contributed by atoms with Crippen molar-refractivity contribution in [2.45, 2.75) is 0 Å². The van der Waals surface area contributed by atoms with Gasteiger partial charge in [-0.3, -0.25) is 14.5 Å². The van der Waals surface area contributed by atoms with Gasteiger partial charge in [0.1, 0.15) is 16.6 Å². The second-order valence-corrected chi connectivity index (χ2v) is 8.08. The summed E-state index contributed by atoms with van der Waals surface area (Å²) in [5.74, 6) is -0.902. The van der Waals surface area contributed by atoms with Crippen LogP contribution in [0.3, 0.4) is 0 Å². The van der Waals surface area contributed by atoms with E-state index in [0.29, 0.717) is 14.2 Å². The minimum Gasteiger partial charge on any atom is -0.506 e. The number of carbonyl (C=O) groups excluding carboxylic acids is 2. The smallest absolute Gasteiger partial charge is 0.266 e. The van der Waals surface area contributed by atoms with Gasteiger partial charge in [-0.15, -0.1) is 11.3 Å². The zero-order chi connectivity index (χ0) is 18.0. The molecule has 3 rings (SSSR count). The number of benzene rings is 1. The molecule has 0 unspecified atom stereocenters. The molecule has 0 radical (unpaired) electrons. The molecular weight excluding hydrogens is 400 g/mol. The van der Waals surface area contributed by atoms with Gasteiger partial charge >= 0.3 is 0 Å². The molecule has 2 heterocycles. The fourth-order valence-electron chi connectivity index (χ4n) is 2.08. The largest absolute Gasteiger partial charge is 0.506 e. The zero-order valence-electron chi connectivity index (χ0n) is 12.6. The summed E-state index contributed by atoms with van der Waals surface area (Å²) in [6.07, 6.45) is 1.75. The molecule has 1 fully saturated rings. The van der Waals surface area contributed by atoms with Gasteiger partial charge in [0.2, 0.25) is 5.91 Å². The Kier molecular flexibility index (Phi) is 5.43. The number of nitrogens with zero attached hydrogens (tertiary/aromatic N) is 1. The minimum atomic E-state index is -0.480. The highest BCUT2D eigenvalue weighted by Gasteiger charge is 2.33. The number of anilines is 1. The van der Waals surface area contributed by atoms with Crippen molar-refractivity contribution >= 4 is 74.8 Å². The van der Waals surface area contributed by atoms with Gasteiger partial charge in [0.05, 0.1) is 10.6 Å². The van der Waals surface area contributed by atoms with Crippen LogP contribution in [-0.4, -0.2) is 32.7 Å². The molecule has 2 aromatic rings. The highest BCUT2D eigenvalue weighted by Crippen LogP contribution is 2.33. The minimum absolute atomic E-state index is 0.110. The molecule has 2 N–H and O–H groups in total. The van der Waals surface area contributed by atoms with Crippen LogP contribution in [0.5, 0.6) is 5.75 Å². The topological polar surface area (TPSA) is 69.6 Å². The summed E-state index contributed by atoms with van der Waals surface area (Å²) in [6.45, 7) is -0.238. The molecule has 0 spiro atoms. The van der Waals surface area contributed by atoms with Crippen molar-refractivity contribution in [3.05, 3.63) is 50.5 Å². The Hall–Kier alpha value is -1.87. The van der Waals surface area contributed by atoms with Gasteiger partial charge in [0, 0.05) is 9.90 Å². The van der Waals surface area contributed by atoms with Crippen LogP contribution in [0.25, 0.3) is 6.08 Å². The number of thioether (sulfide) groups is 1. The average molecular weight is 411 g/mol. The van der Waals surface area contributed by atoms with E-state index in [9.17, 15) is 14.7 Å². The Morgan fingerprint density at radius 2 is 2.20 bits per heavy atom.